The van der Waals surface area contributed by atoms with Gasteiger partial charge in [-0.25, -0.2) is 4.79 Å². The Morgan fingerprint density at radius 2 is 1.95 bits per heavy atom. The van der Waals surface area contributed by atoms with Gasteiger partial charge in [-0.05, 0) is 42.0 Å². The Bertz CT molecular complexity index is 849. The summed E-state index contributed by atoms with van der Waals surface area (Å²) >= 11 is 3.34. The van der Waals surface area contributed by atoms with Crippen molar-refractivity contribution in [1.29, 1.82) is 0 Å². The van der Waals surface area contributed by atoms with Crippen molar-refractivity contribution < 1.29 is 9.21 Å². The maximum atomic E-state index is 12.0. The normalized spacial score (nSPS) is 10.7. The number of hydrogen-bond acceptors (Lipinski definition) is 3. The average Bonchev–Trinajstić information content (AvgIpc) is 2.80. The summed E-state index contributed by atoms with van der Waals surface area (Å²) in [4.78, 5) is 25.6. The van der Waals surface area contributed by atoms with Crippen LogP contribution in [-0.2, 0) is 11.2 Å². The van der Waals surface area contributed by atoms with Crippen LogP contribution in [0, 0.1) is 0 Å². The molecule has 3 aromatic rings. The van der Waals surface area contributed by atoms with E-state index in [9.17, 15) is 9.59 Å². The van der Waals surface area contributed by atoms with E-state index in [-0.39, 0.29) is 12.3 Å². The van der Waals surface area contributed by atoms with Gasteiger partial charge in [0.05, 0.1) is 11.9 Å². The molecule has 2 N–H and O–H groups in total. The van der Waals surface area contributed by atoms with Crippen molar-refractivity contribution in [2.45, 2.75) is 6.42 Å². The predicted molar refractivity (Wildman–Crippen MR) is 83.3 cm³/mol. The highest BCUT2D eigenvalue weighted by molar-refractivity contribution is 9.10. The van der Waals surface area contributed by atoms with Crippen molar-refractivity contribution in [3.05, 3.63) is 63.1 Å². The predicted octanol–water partition coefficient (Wildman–Crippen LogP) is 3.06. The number of carbonyl (C=O) groups excluding carboxylic acids is 1. The number of H-pyrrole nitrogens is 1. The minimum Gasteiger partial charge on any atom is -0.408 e. The minimum atomic E-state index is -0.499. The van der Waals surface area contributed by atoms with Gasteiger partial charge in [-0.1, -0.05) is 22.0 Å². The number of carbonyl (C=O) groups is 1. The molecule has 0 fully saturated rings. The quantitative estimate of drug-likeness (QED) is 0.765. The molecule has 6 heteroatoms. The Labute approximate surface area is 128 Å². The molecule has 0 spiro atoms. The first-order valence-corrected chi connectivity index (χ1v) is 7.06. The van der Waals surface area contributed by atoms with Crippen molar-refractivity contribution in [3.8, 4) is 0 Å². The molecule has 2 aromatic carbocycles. The lowest BCUT2D eigenvalue weighted by molar-refractivity contribution is -0.115. The van der Waals surface area contributed by atoms with Crippen LogP contribution in [-0.4, -0.2) is 10.9 Å². The van der Waals surface area contributed by atoms with Crippen molar-refractivity contribution in [3.63, 3.8) is 0 Å². The molecule has 0 bridgehead atoms. The number of aromatic nitrogens is 1. The summed E-state index contributed by atoms with van der Waals surface area (Å²) in [5.41, 5.74) is 2.61. The van der Waals surface area contributed by atoms with Crippen LogP contribution in [0.25, 0.3) is 11.1 Å². The second-order valence-corrected chi connectivity index (χ2v) is 5.49. The third-order valence-corrected chi connectivity index (χ3v) is 3.50. The number of amides is 1. The van der Waals surface area contributed by atoms with Crippen molar-refractivity contribution in [1.82, 2.24) is 4.98 Å². The van der Waals surface area contributed by atoms with Crippen LogP contribution in [0.3, 0.4) is 0 Å². The maximum Gasteiger partial charge on any atom is 0.417 e. The fourth-order valence-corrected chi connectivity index (χ4v) is 2.30. The van der Waals surface area contributed by atoms with E-state index in [1.54, 1.807) is 18.2 Å². The Kier molecular flexibility index (Phi) is 3.62. The summed E-state index contributed by atoms with van der Waals surface area (Å²) in [5, 5.41) is 2.82. The molecule has 1 amide bonds. The zero-order valence-corrected chi connectivity index (χ0v) is 12.4. The monoisotopic (exact) mass is 346 g/mol. The van der Waals surface area contributed by atoms with Gasteiger partial charge >= 0.3 is 5.76 Å². The molecule has 0 atom stereocenters. The second-order valence-electron chi connectivity index (χ2n) is 4.58. The average molecular weight is 347 g/mol. The van der Waals surface area contributed by atoms with Crippen LogP contribution in [0.2, 0.25) is 0 Å². The number of halogens is 1. The number of nitrogens with one attached hydrogen (secondary N) is 2. The smallest absolute Gasteiger partial charge is 0.408 e. The minimum absolute atomic E-state index is 0.123. The molecule has 1 heterocycles. The molecule has 0 saturated heterocycles. The van der Waals surface area contributed by atoms with E-state index in [1.807, 2.05) is 24.3 Å². The van der Waals surface area contributed by atoms with Crippen molar-refractivity contribution in [2.75, 3.05) is 5.32 Å². The molecule has 0 unspecified atom stereocenters. The number of aromatic amines is 1. The third-order valence-electron chi connectivity index (χ3n) is 2.98. The van der Waals surface area contributed by atoms with Gasteiger partial charge in [0.2, 0.25) is 5.91 Å². The molecule has 0 aliphatic rings. The highest BCUT2D eigenvalue weighted by Crippen LogP contribution is 2.16. The van der Waals surface area contributed by atoms with Gasteiger partial charge < -0.3 is 9.73 Å². The van der Waals surface area contributed by atoms with E-state index in [0.29, 0.717) is 11.1 Å². The van der Waals surface area contributed by atoms with Crippen LogP contribution in [0.15, 0.2) is 56.1 Å². The topological polar surface area (TPSA) is 75.1 Å². The first-order chi connectivity index (χ1) is 10.1. The molecule has 0 radical (unpaired) electrons. The van der Waals surface area contributed by atoms with Crippen LogP contribution < -0.4 is 11.1 Å². The molecule has 0 aliphatic carbocycles. The summed E-state index contributed by atoms with van der Waals surface area (Å²) in [6, 6.07) is 12.5. The Hall–Kier alpha value is -2.34. The van der Waals surface area contributed by atoms with Crippen LogP contribution in [0.1, 0.15) is 5.56 Å². The summed E-state index contributed by atoms with van der Waals surface area (Å²) in [6.07, 6.45) is 0.221. The Morgan fingerprint density at radius 1 is 1.19 bits per heavy atom. The van der Waals surface area contributed by atoms with Gasteiger partial charge in [-0.15, -0.1) is 0 Å². The van der Waals surface area contributed by atoms with E-state index in [4.69, 9.17) is 4.42 Å². The number of benzene rings is 2. The van der Waals surface area contributed by atoms with Gasteiger partial charge in [0, 0.05) is 10.2 Å². The molecule has 0 aliphatic heterocycles. The zero-order valence-electron chi connectivity index (χ0n) is 10.9. The van der Waals surface area contributed by atoms with E-state index in [0.717, 1.165) is 15.7 Å². The van der Waals surface area contributed by atoms with E-state index in [1.165, 1.54) is 0 Å². The lowest BCUT2D eigenvalue weighted by Crippen LogP contribution is -2.14. The second kappa shape index (κ2) is 5.57. The first-order valence-electron chi connectivity index (χ1n) is 6.27. The van der Waals surface area contributed by atoms with Gasteiger partial charge in [-0.3, -0.25) is 9.78 Å². The molecule has 5 nitrogen and oxygen atoms in total. The SMILES string of the molecule is O=C(Cc1ccc2oc(=O)[nH]c2c1)Nc1ccc(Br)cc1. The molecule has 1 aromatic heterocycles. The van der Waals surface area contributed by atoms with Crippen molar-refractivity contribution in [2.24, 2.45) is 0 Å². The van der Waals surface area contributed by atoms with Gasteiger partial charge in [0.1, 0.15) is 0 Å². The fraction of sp³-hybridized carbons (Fsp3) is 0.0667. The van der Waals surface area contributed by atoms with Gasteiger partial charge in [-0.2, -0.15) is 0 Å². The number of hydrogen-bond donors (Lipinski definition) is 2. The first kappa shape index (κ1) is 13.6. The number of rotatable bonds is 3. The van der Waals surface area contributed by atoms with E-state index < -0.39 is 5.76 Å². The van der Waals surface area contributed by atoms with Crippen LogP contribution in [0.5, 0.6) is 0 Å². The summed E-state index contributed by atoms with van der Waals surface area (Å²) in [6.45, 7) is 0. The van der Waals surface area contributed by atoms with E-state index in [2.05, 4.69) is 26.2 Å². The molecule has 3 rings (SSSR count). The van der Waals surface area contributed by atoms with Crippen LogP contribution >= 0.6 is 15.9 Å². The maximum absolute atomic E-state index is 12.0. The van der Waals surface area contributed by atoms with Gasteiger partial charge in [0.15, 0.2) is 5.58 Å². The molecule has 106 valence electrons. The van der Waals surface area contributed by atoms with Gasteiger partial charge in [0.25, 0.3) is 0 Å². The summed E-state index contributed by atoms with van der Waals surface area (Å²) < 4.78 is 5.87. The number of fused-ring (bicyclic) bond motifs is 1. The van der Waals surface area contributed by atoms with Crippen molar-refractivity contribution >= 4 is 38.6 Å². The number of anilines is 1. The molecule has 0 saturated carbocycles. The molecular weight excluding hydrogens is 336 g/mol. The Balaban J connectivity index is 1.73. The zero-order chi connectivity index (χ0) is 14.8. The highest BCUT2D eigenvalue weighted by Gasteiger charge is 2.07. The standard InChI is InChI=1S/C15H11BrN2O3/c16-10-2-4-11(5-3-10)17-14(19)8-9-1-6-13-12(7-9)18-15(20)21-13/h1-7H,8H2,(H,17,19)(H,18,20). The fourth-order valence-electron chi connectivity index (χ4n) is 2.03. The lowest BCUT2D eigenvalue weighted by Gasteiger charge is -2.05. The third kappa shape index (κ3) is 3.22. The van der Waals surface area contributed by atoms with E-state index >= 15 is 0 Å². The highest BCUT2D eigenvalue weighted by atomic mass is 79.9. The Morgan fingerprint density at radius 3 is 2.71 bits per heavy atom. The number of oxazole rings is 1. The lowest BCUT2D eigenvalue weighted by atomic mass is 10.1. The summed E-state index contributed by atoms with van der Waals surface area (Å²) in [5.74, 6) is -0.621. The largest absolute Gasteiger partial charge is 0.417 e. The van der Waals surface area contributed by atoms with Crippen LogP contribution in [0.4, 0.5) is 5.69 Å². The summed E-state index contributed by atoms with van der Waals surface area (Å²) in [7, 11) is 0. The molecular formula is C15H11BrN2O3. The molecule has 21 heavy (non-hydrogen) atoms.